The number of urea groups is 1. The summed E-state index contributed by atoms with van der Waals surface area (Å²) in [5, 5.41) is 6.32. The Bertz CT molecular complexity index is 702. The Hall–Kier alpha value is -2.60. The molecule has 1 aromatic heterocycles. The summed E-state index contributed by atoms with van der Waals surface area (Å²) in [5.41, 5.74) is 1.74. The zero-order chi connectivity index (χ0) is 18.5. The van der Waals surface area contributed by atoms with E-state index in [1.54, 1.807) is 41.4 Å². The Morgan fingerprint density at radius 1 is 1.08 bits per heavy atom. The number of rotatable bonds is 3. The number of piperidine rings is 1. The van der Waals surface area contributed by atoms with Crippen LogP contribution in [0.4, 0.5) is 16.3 Å². The lowest BCUT2D eigenvalue weighted by Gasteiger charge is -2.31. The molecule has 0 atom stereocenters. The summed E-state index contributed by atoms with van der Waals surface area (Å²) in [6.07, 6.45) is 2.98. The highest BCUT2D eigenvalue weighted by Crippen LogP contribution is 2.20. The van der Waals surface area contributed by atoms with Gasteiger partial charge < -0.3 is 15.5 Å². The average Bonchev–Trinajstić information content (AvgIpc) is 2.65. The molecule has 0 spiro atoms. The maximum Gasteiger partial charge on any atom is 0.321 e. The van der Waals surface area contributed by atoms with Crippen molar-refractivity contribution < 1.29 is 9.59 Å². The molecule has 7 heteroatoms. The molecule has 3 amide bonds. The van der Waals surface area contributed by atoms with Crippen molar-refractivity contribution >= 4 is 35.0 Å². The van der Waals surface area contributed by atoms with Gasteiger partial charge in [0.05, 0.1) is 0 Å². The van der Waals surface area contributed by atoms with Crippen LogP contribution in [0.3, 0.4) is 0 Å². The van der Waals surface area contributed by atoms with Gasteiger partial charge in [0.15, 0.2) is 0 Å². The van der Waals surface area contributed by atoms with E-state index < -0.39 is 0 Å². The zero-order valence-corrected chi connectivity index (χ0v) is 15.3. The van der Waals surface area contributed by atoms with Gasteiger partial charge in [-0.05, 0) is 55.7 Å². The third kappa shape index (κ3) is 4.73. The molecule has 2 aromatic rings. The van der Waals surface area contributed by atoms with Crippen LogP contribution in [0, 0.1) is 12.8 Å². The molecule has 0 saturated carbocycles. The minimum absolute atomic E-state index is 0.0425. The smallest absolute Gasteiger partial charge is 0.321 e. The van der Waals surface area contributed by atoms with Crippen molar-refractivity contribution in [2.24, 2.45) is 5.92 Å². The van der Waals surface area contributed by atoms with Gasteiger partial charge in [0, 0.05) is 35.9 Å². The number of aromatic nitrogens is 1. The number of carbonyl (C=O) groups is 2. The summed E-state index contributed by atoms with van der Waals surface area (Å²) in [5.74, 6) is 0.403. The van der Waals surface area contributed by atoms with Crippen molar-refractivity contribution in [3.63, 3.8) is 0 Å². The molecule has 3 rings (SSSR count). The zero-order valence-electron chi connectivity index (χ0n) is 14.5. The minimum Gasteiger partial charge on any atom is -0.324 e. The fraction of sp³-hybridized carbons (Fsp3) is 0.316. The second kappa shape index (κ2) is 8.19. The molecule has 26 heavy (non-hydrogen) atoms. The fourth-order valence-corrected chi connectivity index (χ4v) is 2.98. The van der Waals surface area contributed by atoms with Crippen molar-refractivity contribution in [1.29, 1.82) is 0 Å². The van der Waals surface area contributed by atoms with Crippen LogP contribution >= 0.6 is 11.6 Å². The maximum atomic E-state index is 12.4. The average molecular weight is 373 g/mol. The predicted octanol–water partition coefficient (Wildman–Crippen LogP) is 3.93. The van der Waals surface area contributed by atoms with Gasteiger partial charge in [0.1, 0.15) is 5.82 Å². The van der Waals surface area contributed by atoms with E-state index in [4.69, 9.17) is 11.6 Å². The van der Waals surface area contributed by atoms with Crippen LogP contribution in [0.5, 0.6) is 0 Å². The predicted molar refractivity (Wildman–Crippen MR) is 102 cm³/mol. The van der Waals surface area contributed by atoms with Crippen LogP contribution in [0.2, 0.25) is 5.02 Å². The number of pyridine rings is 1. The molecule has 0 bridgehead atoms. The lowest BCUT2D eigenvalue weighted by molar-refractivity contribution is -0.121. The fourth-order valence-electron chi connectivity index (χ4n) is 2.85. The molecule has 0 radical (unpaired) electrons. The van der Waals surface area contributed by atoms with Gasteiger partial charge in [-0.2, -0.15) is 0 Å². The molecular weight excluding hydrogens is 352 g/mol. The summed E-state index contributed by atoms with van der Waals surface area (Å²) in [7, 11) is 0. The summed E-state index contributed by atoms with van der Waals surface area (Å²) in [6.45, 7) is 3.03. The van der Waals surface area contributed by atoms with Gasteiger partial charge in [-0.1, -0.05) is 17.7 Å². The van der Waals surface area contributed by atoms with Crippen molar-refractivity contribution in [2.45, 2.75) is 19.8 Å². The van der Waals surface area contributed by atoms with Gasteiger partial charge in [0.25, 0.3) is 0 Å². The Morgan fingerprint density at radius 3 is 2.38 bits per heavy atom. The van der Waals surface area contributed by atoms with E-state index >= 15 is 0 Å². The highest BCUT2D eigenvalue weighted by atomic mass is 35.5. The van der Waals surface area contributed by atoms with Crippen LogP contribution in [0.15, 0.2) is 42.6 Å². The minimum atomic E-state index is -0.161. The van der Waals surface area contributed by atoms with Gasteiger partial charge >= 0.3 is 6.03 Å². The SMILES string of the molecule is Cc1ccc(NC(=O)C2CCN(C(=O)Nc3ccc(Cl)cc3)CC2)nc1. The van der Waals surface area contributed by atoms with Crippen LogP contribution in [-0.2, 0) is 4.79 Å². The molecule has 0 aliphatic carbocycles. The van der Waals surface area contributed by atoms with Crippen molar-refractivity contribution in [2.75, 3.05) is 23.7 Å². The van der Waals surface area contributed by atoms with E-state index in [0.29, 0.717) is 42.5 Å². The first-order valence-electron chi connectivity index (χ1n) is 8.56. The Labute approximate surface area is 157 Å². The molecule has 0 unspecified atom stereocenters. The van der Waals surface area contributed by atoms with E-state index in [9.17, 15) is 9.59 Å². The van der Waals surface area contributed by atoms with Crippen LogP contribution < -0.4 is 10.6 Å². The van der Waals surface area contributed by atoms with E-state index in [0.717, 1.165) is 5.56 Å². The maximum absolute atomic E-state index is 12.4. The highest BCUT2D eigenvalue weighted by molar-refractivity contribution is 6.30. The number of nitrogens with one attached hydrogen (secondary N) is 2. The first-order valence-corrected chi connectivity index (χ1v) is 8.94. The Kier molecular flexibility index (Phi) is 5.73. The quantitative estimate of drug-likeness (QED) is 0.857. The number of amides is 3. The molecule has 1 saturated heterocycles. The number of aryl methyl sites for hydroxylation is 1. The number of nitrogens with zero attached hydrogens (tertiary/aromatic N) is 2. The monoisotopic (exact) mass is 372 g/mol. The molecular formula is C19H21ClN4O2. The van der Waals surface area contributed by atoms with Gasteiger partial charge in [-0.15, -0.1) is 0 Å². The second-order valence-corrected chi connectivity index (χ2v) is 6.84. The van der Waals surface area contributed by atoms with E-state index in [1.165, 1.54) is 0 Å². The molecule has 1 aliphatic heterocycles. The van der Waals surface area contributed by atoms with Crippen LogP contribution in [-0.4, -0.2) is 34.9 Å². The second-order valence-electron chi connectivity index (χ2n) is 6.41. The summed E-state index contributed by atoms with van der Waals surface area (Å²) < 4.78 is 0. The van der Waals surface area contributed by atoms with E-state index in [1.807, 2.05) is 13.0 Å². The molecule has 2 N–H and O–H groups in total. The van der Waals surface area contributed by atoms with Gasteiger partial charge in [0.2, 0.25) is 5.91 Å². The lowest BCUT2D eigenvalue weighted by Crippen LogP contribution is -2.43. The number of carbonyl (C=O) groups excluding carboxylic acids is 2. The number of hydrogen-bond acceptors (Lipinski definition) is 3. The van der Waals surface area contributed by atoms with Gasteiger partial charge in [-0.25, -0.2) is 9.78 Å². The lowest BCUT2D eigenvalue weighted by atomic mass is 9.96. The van der Waals surface area contributed by atoms with Crippen LogP contribution in [0.25, 0.3) is 0 Å². The Balaban J connectivity index is 1.48. The highest BCUT2D eigenvalue weighted by Gasteiger charge is 2.27. The van der Waals surface area contributed by atoms with E-state index in [-0.39, 0.29) is 17.9 Å². The summed E-state index contributed by atoms with van der Waals surface area (Å²) in [4.78, 5) is 30.6. The molecule has 6 nitrogen and oxygen atoms in total. The third-order valence-corrected chi connectivity index (χ3v) is 4.66. The molecule has 2 heterocycles. The van der Waals surface area contributed by atoms with Gasteiger partial charge in [-0.3, -0.25) is 4.79 Å². The summed E-state index contributed by atoms with van der Waals surface area (Å²) in [6, 6.07) is 10.5. The third-order valence-electron chi connectivity index (χ3n) is 4.41. The number of anilines is 2. The van der Waals surface area contributed by atoms with Crippen molar-refractivity contribution in [3.8, 4) is 0 Å². The Morgan fingerprint density at radius 2 is 1.77 bits per heavy atom. The standard InChI is InChI=1S/C19H21ClN4O2/c1-13-2-7-17(21-12-13)23-18(25)14-8-10-24(11-9-14)19(26)22-16-5-3-15(20)4-6-16/h2-7,12,14H,8-11H2,1H3,(H,22,26)(H,21,23,25). The van der Waals surface area contributed by atoms with E-state index in [2.05, 4.69) is 15.6 Å². The molecule has 1 aliphatic rings. The number of benzene rings is 1. The molecule has 136 valence electrons. The molecule has 1 fully saturated rings. The first kappa shape index (κ1) is 18.2. The van der Waals surface area contributed by atoms with Crippen LogP contribution in [0.1, 0.15) is 18.4 Å². The number of halogens is 1. The largest absolute Gasteiger partial charge is 0.324 e. The summed E-state index contributed by atoms with van der Waals surface area (Å²) >= 11 is 5.84. The normalized spacial score (nSPS) is 14.8. The first-order chi connectivity index (χ1) is 12.5. The topological polar surface area (TPSA) is 74.3 Å². The molecule has 1 aromatic carbocycles. The number of hydrogen-bond donors (Lipinski definition) is 2. The number of likely N-dealkylation sites (tertiary alicyclic amines) is 1. The van der Waals surface area contributed by atoms with Crippen molar-refractivity contribution in [3.05, 3.63) is 53.2 Å². The van der Waals surface area contributed by atoms with Crippen molar-refractivity contribution in [1.82, 2.24) is 9.88 Å².